The van der Waals surface area contributed by atoms with Crippen molar-refractivity contribution in [1.82, 2.24) is 9.88 Å². The maximum atomic E-state index is 5.19. The van der Waals surface area contributed by atoms with Gasteiger partial charge in [-0.05, 0) is 61.1 Å². The van der Waals surface area contributed by atoms with E-state index in [-0.39, 0.29) is 0 Å². The van der Waals surface area contributed by atoms with E-state index >= 15 is 0 Å². The van der Waals surface area contributed by atoms with Gasteiger partial charge in [0.25, 0.3) is 0 Å². The van der Waals surface area contributed by atoms with Gasteiger partial charge in [0.1, 0.15) is 5.82 Å². The van der Waals surface area contributed by atoms with Crippen LogP contribution < -0.4 is 4.90 Å². The van der Waals surface area contributed by atoms with Gasteiger partial charge in [-0.2, -0.15) is 0 Å². The van der Waals surface area contributed by atoms with E-state index in [1.807, 2.05) is 0 Å². The Labute approximate surface area is 144 Å². The molecular formula is C20H27N3O. The van der Waals surface area contributed by atoms with E-state index in [2.05, 4.69) is 34.9 Å². The van der Waals surface area contributed by atoms with Crippen LogP contribution in [0, 0.1) is 6.92 Å². The van der Waals surface area contributed by atoms with Crippen molar-refractivity contribution < 1.29 is 4.74 Å². The summed E-state index contributed by atoms with van der Waals surface area (Å²) in [6.07, 6.45) is 3.74. The number of hydrogen-bond acceptors (Lipinski definition) is 4. The van der Waals surface area contributed by atoms with Gasteiger partial charge in [0.05, 0.1) is 12.1 Å². The molecule has 0 spiro atoms. The van der Waals surface area contributed by atoms with Crippen LogP contribution in [0.4, 0.5) is 5.82 Å². The van der Waals surface area contributed by atoms with E-state index in [0.717, 1.165) is 45.1 Å². The average Bonchev–Trinajstić information content (AvgIpc) is 3.06. The van der Waals surface area contributed by atoms with Crippen LogP contribution in [0.3, 0.4) is 0 Å². The van der Waals surface area contributed by atoms with Crippen molar-refractivity contribution in [2.45, 2.75) is 26.2 Å². The van der Waals surface area contributed by atoms with E-state index in [9.17, 15) is 0 Å². The Balaban J connectivity index is 1.56. The Hall–Kier alpha value is -1.65. The standard InChI is InChI=1S/C20H27N3O/c1-15-12-20(23-8-6-22(7-9-23)10-11-24-2)21-19-14-17-5-3-4-16(17)13-18(15)19/h12-14H,3-11H2,1-2H3. The third kappa shape index (κ3) is 3.01. The Kier molecular flexibility index (Phi) is 4.42. The maximum Gasteiger partial charge on any atom is 0.129 e. The SMILES string of the molecule is COCCN1CCN(c2cc(C)c3cc4c(cc3n2)CCC4)CC1. The summed E-state index contributed by atoms with van der Waals surface area (Å²) in [6.45, 7) is 8.35. The van der Waals surface area contributed by atoms with Crippen LogP contribution in [0.1, 0.15) is 23.1 Å². The maximum absolute atomic E-state index is 5.19. The molecule has 1 saturated heterocycles. The van der Waals surface area contributed by atoms with Gasteiger partial charge >= 0.3 is 0 Å². The first-order chi connectivity index (χ1) is 11.7. The van der Waals surface area contributed by atoms with Crippen molar-refractivity contribution in [3.63, 3.8) is 0 Å². The van der Waals surface area contributed by atoms with E-state index < -0.39 is 0 Å². The topological polar surface area (TPSA) is 28.6 Å². The van der Waals surface area contributed by atoms with Crippen LogP contribution in [0.5, 0.6) is 0 Å². The Bertz CT molecular complexity index is 735. The molecule has 2 aromatic rings. The minimum Gasteiger partial charge on any atom is -0.383 e. The third-order valence-corrected chi connectivity index (χ3v) is 5.52. The first-order valence-electron chi connectivity index (χ1n) is 9.14. The molecule has 1 aliphatic heterocycles. The molecule has 1 fully saturated rings. The summed E-state index contributed by atoms with van der Waals surface area (Å²) in [5.41, 5.74) is 5.57. The van der Waals surface area contributed by atoms with E-state index in [1.54, 1.807) is 7.11 Å². The molecule has 0 amide bonds. The number of hydrogen-bond donors (Lipinski definition) is 0. The van der Waals surface area contributed by atoms with Gasteiger partial charge in [-0.3, -0.25) is 4.90 Å². The second-order valence-corrected chi connectivity index (χ2v) is 7.11. The summed E-state index contributed by atoms with van der Waals surface area (Å²) >= 11 is 0. The Morgan fingerprint density at radius 1 is 1.04 bits per heavy atom. The minimum atomic E-state index is 0.818. The molecule has 1 aromatic heterocycles. The summed E-state index contributed by atoms with van der Waals surface area (Å²) in [7, 11) is 1.77. The fraction of sp³-hybridized carbons (Fsp3) is 0.550. The van der Waals surface area contributed by atoms with Gasteiger partial charge in [0.15, 0.2) is 0 Å². The van der Waals surface area contributed by atoms with Crippen LogP contribution in [0.15, 0.2) is 18.2 Å². The van der Waals surface area contributed by atoms with Crippen molar-refractivity contribution in [3.05, 3.63) is 34.9 Å². The first kappa shape index (κ1) is 15.9. The highest BCUT2D eigenvalue weighted by molar-refractivity contribution is 5.85. The van der Waals surface area contributed by atoms with Crippen molar-refractivity contribution >= 4 is 16.7 Å². The number of rotatable bonds is 4. The van der Waals surface area contributed by atoms with Crippen molar-refractivity contribution in [3.8, 4) is 0 Å². The molecule has 0 saturated carbocycles. The number of nitrogens with zero attached hydrogens (tertiary/aromatic N) is 3. The monoisotopic (exact) mass is 325 g/mol. The number of aryl methyl sites for hydroxylation is 3. The van der Waals surface area contributed by atoms with Gasteiger partial charge < -0.3 is 9.64 Å². The lowest BCUT2D eigenvalue weighted by Gasteiger charge is -2.35. The predicted molar refractivity (Wildman–Crippen MR) is 99.0 cm³/mol. The number of anilines is 1. The molecule has 4 heteroatoms. The summed E-state index contributed by atoms with van der Waals surface area (Å²) < 4.78 is 5.19. The van der Waals surface area contributed by atoms with Crippen molar-refractivity contribution in [1.29, 1.82) is 0 Å². The summed E-state index contributed by atoms with van der Waals surface area (Å²) in [4.78, 5) is 9.91. The molecule has 0 unspecified atom stereocenters. The van der Waals surface area contributed by atoms with Crippen LogP contribution in [-0.4, -0.2) is 56.3 Å². The van der Waals surface area contributed by atoms with Crippen LogP contribution in [-0.2, 0) is 17.6 Å². The molecule has 0 radical (unpaired) electrons. The zero-order chi connectivity index (χ0) is 16.5. The lowest BCUT2D eigenvalue weighted by Crippen LogP contribution is -2.47. The molecule has 0 bridgehead atoms. The first-order valence-corrected chi connectivity index (χ1v) is 9.14. The number of methoxy groups -OCH3 is 1. The van der Waals surface area contributed by atoms with Gasteiger partial charge in [-0.1, -0.05) is 0 Å². The Morgan fingerprint density at radius 3 is 2.54 bits per heavy atom. The zero-order valence-electron chi connectivity index (χ0n) is 14.8. The summed E-state index contributed by atoms with van der Waals surface area (Å²) in [6, 6.07) is 6.99. The fourth-order valence-corrected chi connectivity index (χ4v) is 4.03. The lowest BCUT2D eigenvalue weighted by atomic mass is 10.0. The molecule has 24 heavy (non-hydrogen) atoms. The normalized spacial score (nSPS) is 18.3. The fourth-order valence-electron chi connectivity index (χ4n) is 4.03. The zero-order valence-corrected chi connectivity index (χ0v) is 14.8. The van der Waals surface area contributed by atoms with Gasteiger partial charge in [-0.25, -0.2) is 4.98 Å². The van der Waals surface area contributed by atoms with E-state index in [1.165, 1.54) is 46.9 Å². The lowest BCUT2D eigenvalue weighted by molar-refractivity contribution is 0.144. The predicted octanol–water partition coefficient (Wildman–Crippen LogP) is 2.80. The largest absolute Gasteiger partial charge is 0.383 e. The molecule has 0 N–H and O–H groups in total. The molecule has 0 atom stereocenters. The van der Waals surface area contributed by atoms with Gasteiger partial charge in [-0.15, -0.1) is 0 Å². The highest BCUT2D eigenvalue weighted by Gasteiger charge is 2.19. The average molecular weight is 325 g/mol. The minimum absolute atomic E-state index is 0.818. The molecular weight excluding hydrogens is 298 g/mol. The number of aromatic nitrogens is 1. The smallest absolute Gasteiger partial charge is 0.129 e. The second kappa shape index (κ2) is 6.69. The second-order valence-electron chi connectivity index (χ2n) is 7.11. The number of piperazine rings is 1. The third-order valence-electron chi connectivity index (χ3n) is 5.52. The number of pyridine rings is 1. The van der Waals surface area contributed by atoms with Crippen LogP contribution in [0.2, 0.25) is 0 Å². The van der Waals surface area contributed by atoms with E-state index in [4.69, 9.17) is 9.72 Å². The van der Waals surface area contributed by atoms with Crippen molar-refractivity contribution in [2.24, 2.45) is 0 Å². The van der Waals surface area contributed by atoms with Gasteiger partial charge in [0, 0.05) is 45.2 Å². The molecule has 1 aliphatic carbocycles. The summed E-state index contributed by atoms with van der Waals surface area (Å²) in [5, 5.41) is 1.33. The van der Waals surface area contributed by atoms with Crippen LogP contribution >= 0.6 is 0 Å². The summed E-state index contributed by atoms with van der Waals surface area (Å²) in [5.74, 6) is 1.14. The van der Waals surface area contributed by atoms with Crippen molar-refractivity contribution in [2.75, 3.05) is 51.3 Å². The molecule has 2 aliphatic rings. The van der Waals surface area contributed by atoms with Gasteiger partial charge in [0.2, 0.25) is 0 Å². The highest BCUT2D eigenvalue weighted by atomic mass is 16.5. The van der Waals surface area contributed by atoms with E-state index in [0.29, 0.717) is 0 Å². The molecule has 4 nitrogen and oxygen atoms in total. The number of benzene rings is 1. The number of fused-ring (bicyclic) bond motifs is 2. The highest BCUT2D eigenvalue weighted by Crippen LogP contribution is 2.30. The Morgan fingerprint density at radius 2 is 1.79 bits per heavy atom. The molecule has 2 heterocycles. The quantitative estimate of drug-likeness (QED) is 0.864. The molecule has 4 rings (SSSR count). The molecule has 1 aromatic carbocycles. The number of ether oxygens (including phenoxy) is 1. The molecule has 128 valence electrons. The van der Waals surface area contributed by atoms with Crippen LogP contribution in [0.25, 0.3) is 10.9 Å².